The summed E-state index contributed by atoms with van der Waals surface area (Å²) in [7, 11) is 0. The van der Waals surface area contributed by atoms with Gasteiger partial charge >= 0.3 is 6.09 Å². The second-order valence-electron chi connectivity index (χ2n) is 7.86. The Kier molecular flexibility index (Phi) is 7.56. The van der Waals surface area contributed by atoms with Gasteiger partial charge in [0.15, 0.2) is 0 Å². The zero-order chi connectivity index (χ0) is 21.3. The number of piperidine rings is 1. The quantitative estimate of drug-likeness (QED) is 0.464. The lowest BCUT2D eigenvalue weighted by molar-refractivity contribution is 0.0806. The fourth-order valence-corrected chi connectivity index (χ4v) is 4.39. The van der Waals surface area contributed by atoms with Crippen molar-refractivity contribution in [2.75, 3.05) is 19.7 Å². The number of rotatable bonds is 8. The minimum atomic E-state index is -0.224. The molecule has 4 rings (SSSR count). The van der Waals surface area contributed by atoms with Crippen molar-refractivity contribution in [2.45, 2.75) is 32.3 Å². The van der Waals surface area contributed by atoms with Gasteiger partial charge in [0.25, 0.3) is 0 Å². The van der Waals surface area contributed by atoms with Crippen molar-refractivity contribution >= 4 is 17.4 Å². The Morgan fingerprint density at radius 2 is 1.84 bits per heavy atom. The Balaban J connectivity index is 1.19. The number of aromatic nitrogens is 1. The molecule has 0 saturated carbocycles. The summed E-state index contributed by atoms with van der Waals surface area (Å²) in [6.45, 7) is 2.50. The Labute approximate surface area is 187 Å². The highest BCUT2D eigenvalue weighted by Crippen LogP contribution is 2.25. The lowest BCUT2D eigenvalue weighted by atomic mass is 9.94. The average Bonchev–Trinajstić information content (AvgIpc) is 3.34. The van der Waals surface area contributed by atoms with Crippen LogP contribution in [-0.4, -0.2) is 35.7 Å². The van der Waals surface area contributed by atoms with Gasteiger partial charge in [0.05, 0.1) is 17.0 Å². The van der Waals surface area contributed by atoms with Crippen LogP contribution in [0.1, 0.15) is 35.3 Å². The molecule has 1 aliphatic rings. The zero-order valence-electron chi connectivity index (χ0n) is 17.6. The second-order valence-corrected chi connectivity index (χ2v) is 8.83. The number of hydrogen-bond acceptors (Lipinski definition) is 5. The third kappa shape index (κ3) is 6.31. The highest BCUT2D eigenvalue weighted by atomic mass is 32.1. The molecule has 0 N–H and O–H groups in total. The van der Waals surface area contributed by atoms with Crippen molar-refractivity contribution < 1.29 is 14.3 Å². The molecular formula is C25H28N2O3S. The molecule has 0 aliphatic carbocycles. The molecule has 0 spiro atoms. The van der Waals surface area contributed by atoms with E-state index in [-0.39, 0.29) is 6.09 Å². The topological polar surface area (TPSA) is 51.7 Å². The molecule has 6 heteroatoms. The third-order valence-corrected chi connectivity index (χ3v) is 6.44. The SMILES string of the molecule is O=C(OCc1cncs1)N1CCC(CCOc2ccccc2Cc2ccccc2)CC1. The number of carbonyl (C=O) groups excluding carboxylic acids is 1. The molecule has 2 heterocycles. The maximum atomic E-state index is 12.2. The van der Waals surface area contributed by atoms with E-state index in [2.05, 4.69) is 47.4 Å². The molecule has 1 fully saturated rings. The van der Waals surface area contributed by atoms with E-state index in [1.54, 1.807) is 11.7 Å². The smallest absolute Gasteiger partial charge is 0.410 e. The van der Waals surface area contributed by atoms with Crippen molar-refractivity contribution in [1.82, 2.24) is 9.88 Å². The Hall–Kier alpha value is -2.86. The highest BCUT2D eigenvalue weighted by Gasteiger charge is 2.24. The first-order chi connectivity index (χ1) is 15.3. The van der Waals surface area contributed by atoms with Crippen LogP contribution in [0.4, 0.5) is 4.79 Å². The largest absolute Gasteiger partial charge is 0.493 e. The Morgan fingerprint density at radius 1 is 1.06 bits per heavy atom. The molecule has 0 bridgehead atoms. The normalized spacial score (nSPS) is 14.4. The number of likely N-dealkylation sites (tertiary alicyclic amines) is 1. The van der Waals surface area contributed by atoms with E-state index in [1.165, 1.54) is 22.5 Å². The third-order valence-electron chi connectivity index (χ3n) is 5.69. The Bertz CT molecular complexity index is 938. The number of hydrogen-bond donors (Lipinski definition) is 0. The fourth-order valence-electron chi connectivity index (χ4n) is 3.88. The summed E-state index contributed by atoms with van der Waals surface area (Å²) in [5.74, 6) is 1.54. The van der Waals surface area contributed by atoms with Crippen molar-refractivity contribution in [2.24, 2.45) is 5.92 Å². The maximum absolute atomic E-state index is 12.2. The lowest BCUT2D eigenvalue weighted by Crippen LogP contribution is -2.39. The summed E-state index contributed by atoms with van der Waals surface area (Å²) in [6.07, 6.45) is 5.37. The maximum Gasteiger partial charge on any atom is 0.410 e. The predicted molar refractivity (Wildman–Crippen MR) is 122 cm³/mol. The predicted octanol–water partition coefficient (Wildman–Crippen LogP) is 5.55. The molecule has 1 amide bonds. The van der Waals surface area contributed by atoms with E-state index in [0.29, 0.717) is 19.1 Å². The fraction of sp³-hybridized carbons (Fsp3) is 0.360. The van der Waals surface area contributed by atoms with Crippen LogP contribution in [0.2, 0.25) is 0 Å². The van der Waals surface area contributed by atoms with Gasteiger partial charge in [0, 0.05) is 25.7 Å². The number of nitrogens with zero attached hydrogens (tertiary/aromatic N) is 2. The van der Waals surface area contributed by atoms with Crippen LogP contribution in [0.25, 0.3) is 0 Å². The molecule has 0 atom stereocenters. The van der Waals surface area contributed by atoms with E-state index in [1.807, 2.05) is 17.0 Å². The van der Waals surface area contributed by atoms with Gasteiger partial charge in [-0.25, -0.2) is 4.79 Å². The first-order valence-corrected chi connectivity index (χ1v) is 11.7. The van der Waals surface area contributed by atoms with Gasteiger partial charge in [-0.05, 0) is 42.4 Å². The molecule has 3 aromatic rings. The van der Waals surface area contributed by atoms with Gasteiger partial charge in [-0.1, -0.05) is 48.5 Å². The molecule has 1 saturated heterocycles. The van der Waals surface area contributed by atoms with Crippen LogP contribution in [0.5, 0.6) is 5.75 Å². The van der Waals surface area contributed by atoms with E-state index >= 15 is 0 Å². The van der Waals surface area contributed by atoms with Crippen LogP contribution in [0, 0.1) is 5.92 Å². The summed E-state index contributed by atoms with van der Waals surface area (Å²) in [6, 6.07) is 18.8. The zero-order valence-corrected chi connectivity index (χ0v) is 18.4. The van der Waals surface area contributed by atoms with Gasteiger partial charge < -0.3 is 14.4 Å². The Morgan fingerprint density at radius 3 is 2.61 bits per heavy atom. The molecule has 0 radical (unpaired) electrons. The minimum absolute atomic E-state index is 0.224. The van der Waals surface area contributed by atoms with E-state index in [9.17, 15) is 4.79 Å². The molecule has 0 unspecified atom stereocenters. The molecule has 5 nitrogen and oxygen atoms in total. The van der Waals surface area contributed by atoms with Gasteiger partial charge in [-0.2, -0.15) is 0 Å². The molecule has 31 heavy (non-hydrogen) atoms. The summed E-state index contributed by atoms with van der Waals surface area (Å²) >= 11 is 1.50. The summed E-state index contributed by atoms with van der Waals surface area (Å²) < 4.78 is 11.6. The number of para-hydroxylation sites is 1. The van der Waals surface area contributed by atoms with E-state index in [0.717, 1.165) is 49.4 Å². The standard InChI is InChI=1S/C25H28N2O3S/c28-25(30-18-23-17-26-19-31-23)27-13-10-20(11-14-27)12-15-29-24-9-5-4-8-22(24)16-21-6-2-1-3-7-21/h1-9,17,19-20H,10-16,18H2. The van der Waals surface area contributed by atoms with Crippen LogP contribution in [0.15, 0.2) is 66.3 Å². The van der Waals surface area contributed by atoms with Crippen LogP contribution >= 0.6 is 11.3 Å². The number of ether oxygens (including phenoxy) is 2. The number of benzene rings is 2. The van der Waals surface area contributed by atoms with E-state index in [4.69, 9.17) is 9.47 Å². The monoisotopic (exact) mass is 436 g/mol. The molecular weight excluding hydrogens is 408 g/mol. The van der Waals surface area contributed by atoms with Crippen LogP contribution in [-0.2, 0) is 17.8 Å². The molecule has 2 aromatic carbocycles. The average molecular weight is 437 g/mol. The lowest BCUT2D eigenvalue weighted by Gasteiger charge is -2.31. The van der Waals surface area contributed by atoms with Crippen molar-refractivity contribution in [3.05, 3.63) is 82.3 Å². The van der Waals surface area contributed by atoms with Crippen molar-refractivity contribution in [1.29, 1.82) is 0 Å². The second kappa shape index (κ2) is 11.0. The number of thiazole rings is 1. The number of amides is 1. The van der Waals surface area contributed by atoms with Gasteiger partial charge in [-0.15, -0.1) is 11.3 Å². The van der Waals surface area contributed by atoms with Crippen LogP contribution in [0.3, 0.4) is 0 Å². The molecule has 162 valence electrons. The molecule has 1 aliphatic heterocycles. The van der Waals surface area contributed by atoms with Gasteiger partial charge in [0.2, 0.25) is 0 Å². The van der Waals surface area contributed by atoms with Gasteiger partial charge in [-0.3, -0.25) is 4.98 Å². The number of carbonyl (C=O) groups is 1. The van der Waals surface area contributed by atoms with Crippen LogP contribution < -0.4 is 4.74 Å². The van der Waals surface area contributed by atoms with E-state index < -0.39 is 0 Å². The molecule has 1 aromatic heterocycles. The summed E-state index contributed by atoms with van der Waals surface area (Å²) in [5, 5.41) is 0. The highest BCUT2D eigenvalue weighted by molar-refractivity contribution is 7.09. The summed E-state index contributed by atoms with van der Waals surface area (Å²) in [5.41, 5.74) is 4.25. The first-order valence-electron chi connectivity index (χ1n) is 10.8. The van der Waals surface area contributed by atoms with Crippen molar-refractivity contribution in [3.8, 4) is 5.75 Å². The first kappa shape index (κ1) is 21.4. The van der Waals surface area contributed by atoms with Crippen molar-refractivity contribution in [3.63, 3.8) is 0 Å². The minimum Gasteiger partial charge on any atom is -0.493 e. The summed E-state index contributed by atoms with van der Waals surface area (Å²) in [4.78, 5) is 19.0. The van der Waals surface area contributed by atoms with Gasteiger partial charge in [0.1, 0.15) is 12.4 Å².